The summed E-state index contributed by atoms with van der Waals surface area (Å²) in [5.74, 6) is 0.509. The highest BCUT2D eigenvalue weighted by Crippen LogP contribution is 2.17. The molecule has 0 N–H and O–H groups in total. The minimum atomic E-state index is 0.116. The average molecular weight is 310 g/mol. The molecule has 2 aromatic carbocycles. The number of aryl methyl sites for hydroxylation is 1. The maximum absolute atomic E-state index is 11.3. The van der Waals surface area contributed by atoms with Gasteiger partial charge in [-0.05, 0) is 36.3 Å². The first-order valence-corrected chi connectivity index (χ1v) is 8.39. The number of benzene rings is 2. The smallest absolute Gasteiger partial charge is 0.123 e. The third-order valence-corrected chi connectivity index (χ3v) is 4.06. The Hall–Kier alpha value is -1.93. The van der Waals surface area contributed by atoms with Gasteiger partial charge < -0.3 is 9.53 Å². The van der Waals surface area contributed by atoms with E-state index in [9.17, 15) is 4.79 Å². The van der Waals surface area contributed by atoms with Crippen molar-refractivity contribution in [3.63, 3.8) is 0 Å². The summed E-state index contributed by atoms with van der Waals surface area (Å²) in [5, 5.41) is 0. The lowest BCUT2D eigenvalue weighted by Crippen LogP contribution is -2.14. The van der Waals surface area contributed by atoms with Gasteiger partial charge in [0.25, 0.3) is 0 Å². The summed E-state index contributed by atoms with van der Waals surface area (Å²) in [7, 11) is 0. The summed E-state index contributed by atoms with van der Waals surface area (Å²) in [4.78, 5) is 11.3. The third-order valence-electron chi connectivity index (χ3n) is 4.06. The molecule has 0 bridgehead atoms. The van der Waals surface area contributed by atoms with E-state index in [1.54, 1.807) is 0 Å². The van der Waals surface area contributed by atoms with Crippen LogP contribution in [0.3, 0.4) is 0 Å². The molecule has 0 spiro atoms. The zero-order valence-corrected chi connectivity index (χ0v) is 13.9. The number of rotatable bonds is 10. The van der Waals surface area contributed by atoms with Gasteiger partial charge in [-0.3, -0.25) is 0 Å². The highest BCUT2D eigenvalue weighted by molar-refractivity contribution is 5.53. The molecule has 0 aromatic heterocycles. The summed E-state index contributed by atoms with van der Waals surface area (Å²) in [6.07, 6.45) is 3.88. The van der Waals surface area contributed by atoms with Crippen molar-refractivity contribution in [3.05, 3.63) is 71.8 Å². The fourth-order valence-corrected chi connectivity index (χ4v) is 2.78. The zero-order chi connectivity index (χ0) is 16.3. The van der Waals surface area contributed by atoms with E-state index in [2.05, 4.69) is 31.2 Å². The Kier molecular flexibility index (Phi) is 7.55. The quantitative estimate of drug-likeness (QED) is 0.596. The van der Waals surface area contributed by atoms with Crippen LogP contribution in [0.4, 0.5) is 0 Å². The monoisotopic (exact) mass is 310 g/mol. The number of carbonyl (C=O) groups excluding carboxylic acids is 1. The van der Waals surface area contributed by atoms with Gasteiger partial charge in [-0.25, -0.2) is 0 Å². The van der Waals surface area contributed by atoms with Crippen molar-refractivity contribution in [3.8, 4) is 0 Å². The second-order valence-corrected chi connectivity index (χ2v) is 6.26. The molecule has 0 aliphatic heterocycles. The van der Waals surface area contributed by atoms with E-state index in [0.29, 0.717) is 19.1 Å². The van der Waals surface area contributed by atoms with Crippen molar-refractivity contribution in [1.82, 2.24) is 0 Å². The van der Waals surface area contributed by atoms with Gasteiger partial charge >= 0.3 is 0 Å². The van der Waals surface area contributed by atoms with Gasteiger partial charge in [0.15, 0.2) is 0 Å². The van der Waals surface area contributed by atoms with Gasteiger partial charge in [0.05, 0.1) is 6.61 Å². The normalized spacial score (nSPS) is 13.4. The van der Waals surface area contributed by atoms with Crippen LogP contribution in [0, 0.1) is 11.8 Å². The molecule has 0 saturated heterocycles. The molecule has 2 unspecified atom stereocenters. The van der Waals surface area contributed by atoms with Gasteiger partial charge in [0.2, 0.25) is 0 Å². The molecule has 2 nitrogen and oxygen atoms in total. The van der Waals surface area contributed by atoms with E-state index in [4.69, 9.17) is 4.74 Å². The number of hydrogen-bond donors (Lipinski definition) is 0. The van der Waals surface area contributed by atoms with Crippen LogP contribution in [0.5, 0.6) is 0 Å². The van der Waals surface area contributed by atoms with Gasteiger partial charge in [-0.15, -0.1) is 0 Å². The molecule has 0 aliphatic rings. The lowest BCUT2D eigenvalue weighted by atomic mass is 9.92. The SMILES string of the molecule is CC(COCc1ccccc1)CC(C=O)CCc1ccccc1. The van der Waals surface area contributed by atoms with Crippen molar-refractivity contribution >= 4 is 6.29 Å². The standard InChI is InChI=1S/C21H26O2/c1-18(16-23-17-20-10-6-3-7-11-20)14-21(15-22)13-12-19-8-4-2-5-9-19/h2-11,15,18,21H,12-14,16-17H2,1H3. The van der Waals surface area contributed by atoms with E-state index in [0.717, 1.165) is 25.5 Å². The van der Waals surface area contributed by atoms with Gasteiger partial charge in [0.1, 0.15) is 6.29 Å². The number of ether oxygens (including phenoxy) is 1. The van der Waals surface area contributed by atoms with E-state index in [1.807, 2.05) is 36.4 Å². The van der Waals surface area contributed by atoms with E-state index in [1.165, 1.54) is 11.1 Å². The summed E-state index contributed by atoms with van der Waals surface area (Å²) < 4.78 is 5.77. The van der Waals surface area contributed by atoms with Crippen LogP contribution in [0.2, 0.25) is 0 Å². The first kappa shape index (κ1) is 17.4. The Balaban J connectivity index is 1.67. The molecule has 2 rings (SSSR count). The van der Waals surface area contributed by atoms with Gasteiger partial charge in [-0.2, -0.15) is 0 Å². The second kappa shape index (κ2) is 9.96. The molecular weight excluding hydrogens is 284 g/mol. The highest BCUT2D eigenvalue weighted by atomic mass is 16.5. The highest BCUT2D eigenvalue weighted by Gasteiger charge is 2.13. The molecule has 0 amide bonds. The Morgan fingerprint density at radius 1 is 0.957 bits per heavy atom. The maximum atomic E-state index is 11.3. The minimum absolute atomic E-state index is 0.116. The Labute approximate surface area is 139 Å². The lowest BCUT2D eigenvalue weighted by Gasteiger charge is -2.16. The minimum Gasteiger partial charge on any atom is -0.376 e. The molecule has 2 aromatic rings. The summed E-state index contributed by atoms with van der Waals surface area (Å²) in [5.41, 5.74) is 2.49. The lowest BCUT2D eigenvalue weighted by molar-refractivity contribution is -0.111. The topological polar surface area (TPSA) is 26.3 Å². The van der Waals surface area contributed by atoms with Crippen molar-refractivity contribution < 1.29 is 9.53 Å². The van der Waals surface area contributed by atoms with Crippen LogP contribution in [0.15, 0.2) is 60.7 Å². The van der Waals surface area contributed by atoms with Crippen LogP contribution < -0.4 is 0 Å². The largest absolute Gasteiger partial charge is 0.376 e. The molecule has 0 fully saturated rings. The average Bonchev–Trinajstić information content (AvgIpc) is 2.60. The van der Waals surface area contributed by atoms with Crippen LogP contribution in [0.25, 0.3) is 0 Å². The Morgan fingerprint density at radius 3 is 2.17 bits per heavy atom. The zero-order valence-electron chi connectivity index (χ0n) is 13.9. The van der Waals surface area contributed by atoms with Gasteiger partial charge in [0, 0.05) is 12.5 Å². The predicted molar refractivity (Wildman–Crippen MR) is 94.2 cm³/mol. The van der Waals surface area contributed by atoms with E-state index in [-0.39, 0.29) is 5.92 Å². The third kappa shape index (κ3) is 6.79. The molecule has 2 heteroatoms. The number of aldehydes is 1. The van der Waals surface area contributed by atoms with Gasteiger partial charge in [-0.1, -0.05) is 67.6 Å². The predicted octanol–water partition coefficient (Wildman–Crippen LogP) is 4.68. The second-order valence-electron chi connectivity index (χ2n) is 6.26. The number of hydrogen-bond acceptors (Lipinski definition) is 2. The van der Waals surface area contributed by atoms with E-state index >= 15 is 0 Å². The number of carbonyl (C=O) groups is 1. The van der Waals surface area contributed by atoms with Crippen molar-refractivity contribution in [1.29, 1.82) is 0 Å². The fraction of sp³-hybridized carbons (Fsp3) is 0.381. The van der Waals surface area contributed by atoms with Crippen molar-refractivity contribution in [2.75, 3.05) is 6.61 Å². The first-order valence-electron chi connectivity index (χ1n) is 8.39. The molecule has 0 radical (unpaired) electrons. The molecule has 0 heterocycles. The summed E-state index contributed by atoms with van der Waals surface area (Å²) in [6.45, 7) is 3.50. The molecule has 23 heavy (non-hydrogen) atoms. The van der Waals surface area contributed by atoms with Crippen molar-refractivity contribution in [2.24, 2.45) is 11.8 Å². The van der Waals surface area contributed by atoms with Crippen LogP contribution in [-0.2, 0) is 22.6 Å². The first-order chi connectivity index (χ1) is 11.3. The van der Waals surface area contributed by atoms with Crippen LogP contribution >= 0.6 is 0 Å². The molecule has 2 atom stereocenters. The van der Waals surface area contributed by atoms with E-state index < -0.39 is 0 Å². The van der Waals surface area contributed by atoms with Crippen LogP contribution in [0.1, 0.15) is 30.9 Å². The Morgan fingerprint density at radius 2 is 1.57 bits per heavy atom. The molecular formula is C21H26O2. The molecule has 0 aliphatic carbocycles. The summed E-state index contributed by atoms with van der Waals surface area (Å²) in [6, 6.07) is 20.5. The maximum Gasteiger partial charge on any atom is 0.123 e. The summed E-state index contributed by atoms with van der Waals surface area (Å²) >= 11 is 0. The van der Waals surface area contributed by atoms with Crippen LogP contribution in [-0.4, -0.2) is 12.9 Å². The van der Waals surface area contributed by atoms with Crippen molar-refractivity contribution in [2.45, 2.75) is 32.8 Å². The molecule has 122 valence electrons. The Bertz CT molecular complexity index is 551. The molecule has 0 saturated carbocycles. The fourth-order valence-electron chi connectivity index (χ4n) is 2.78.